The molecule has 0 saturated carbocycles. The van der Waals surface area contributed by atoms with Gasteiger partial charge in [-0.2, -0.15) is 5.11 Å². The third kappa shape index (κ3) is 2.23. The van der Waals surface area contributed by atoms with Crippen LogP contribution < -0.4 is 0 Å². The van der Waals surface area contributed by atoms with E-state index in [9.17, 15) is 0 Å². The molecular weight excluding hydrogens is 220 g/mol. The van der Waals surface area contributed by atoms with Crippen LogP contribution in [0.3, 0.4) is 0 Å². The summed E-state index contributed by atoms with van der Waals surface area (Å²) in [5.74, 6) is 0. The Labute approximate surface area is 106 Å². The van der Waals surface area contributed by atoms with Crippen LogP contribution in [0.2, 0.25) is 0 Å². The van der Waals surface area contributed by atoms with Crippen molar-refractivity contribution in [1.82, 2.24) is 0 Å². The van der Waals surface area contributed by atoms with Crippen molar-refractivity contribution in [3.8, 4) is 0 Å². The topological polar surface area (TPSA) is 24.7 Å². The van der Waals surface area contributed by atoms with Gasteiger partial charge in [0.25, 0.3) is 0 Å². The highest BCUT2D eigenvalue weighted by molar-refractivity contribution is 5.92. The van der Waals surface area contributed by atoms with Crippen LogP contribution in [0.4, 0.5) is 5.69 Å². The van der Waals surface area contributed by atoms with Gasteiger partial charge in [0.05, 0.1) is 11.4 Å². The summed E-state index contributed by atoms with van der Waals surface area (Å²) in [7, 11) is 0. The van der Waals surface area contributed by atoms with Crippen molar-refractivity contribution in [2.45, 2.75) is 12.8 Å². The van der Waals surface area contributed by atoms with Gasteiger partial charge in [-0.1, -0.05) is 48.6 Å². The fourth-order valence-corrected chi connectivity index (χ4v) is 2.08. The second-order valence-corrected chi connectivity index (χ2v) is 4.31. The Hall–Kier alpha value is -2.22. The number of hydrogen-bond donors (Lipinski definition) is 0. The summed E-state index contributed by atoms with van der Waals surface area (Å²) in [6, 6.07) is 14.3. The number of allylic oxidation sites excluding steroid dienone is 3. The molecule has 0 saturated heterocycles. The van der Waals surface area contributed by atoms with Crippen molar-refractivity contribution in [3.63, 3.8) is 0 Å². The van der Waals surface area contributed by atoms with Crippen molar-refractivity contribution >= 4 is 16.5 Å². The molecule has 2 aromatic rings. The van der Waals surface area contributed by atoms with Gasteiger partial charge in [-0.25, -0.2) is 0 Å². The Morgan fingerprint density at radius 3 is 2.61 bits per heavy atom. The van der Waals surface area contributed by atoms with Crippen molar-refractivity contribution < 1.29 is 0 Å². The minimum Gasteiger partial charge on any atom is -0.151 e. The lowest BCUT2D eigenvalue weighted by molar-refractivity contribution is 0.994. The second kappa shape index (κ2) is 4.96. The van der Waals surface area contributed by atoms with Gasteiger partial charge in [-0.3, -0.25) is 0 Å². The van der Waals surface area contributed by atoms with Gasteiger partial charge >= 0.3 is 0 Å². The summed E-state index contributed by atoms with van der Waals surface area (Å²) in [6.45, 7) is 0. The van der Waals surface area contributed by atoms with E-state index in [-0.39, 0.29) is 0 Å². The molecule has 0 radical (unpaired) electrons. The zero-order valence-electron chi connectivity index (χ0n) is 10.1. The van der Waals surface area contributed by atoms with Crippen molar-refractivity contribution in [2.24, 2.45) is 10.2 Å². The quantitative estimate of drug-likeness (QED) is 0.641. The summed E-state index contributed by atoms with van der Waals surface area (Å²) >= 11 is 0. The molecule has 2 nitrogen and oxygen atoms in total. The van der Waals surface area contributed by atoms with Crippen LogP contribution in [-0.4, -0.2) is 0 Å². The molecule has 3 rings (SSSR count). The highest BCUT2D eigenvalue weighted by Crippen LogP contribution is 2.26. The Bertz CT molecular complexity index is 646. The maximum atomic E-state index is 4.36. The van der Waals surface area contributed by atoms with E-state index >= 15 is 0 Å². The summed E-state index contributed by atoms with van der Waals surface area (Å²) in [5, 5.41) is 11.0. The maximum absolute atomic E-state index is 4.36. The molecule has 0 amide bonds. The summed E-state index contributed by atoms with van der Waals surface area (Å²) < 4.78 is 0. The van der Waals surface area contributed by atoms with E-state index in [1.54, 1.807) is 0 Å². The molecule has 1 aliphatic carbocycles. The highest BCUT2D eigenvalue weighted by atomic mass is 15.1. The van der Waals surface area contributed by atoms with Gasteiger partial charge in [0.1, 0.15) is 0 Å². The number of rotatable bonds is 2. The van der Waals surface area contributed by atoms with Gasteiger partial charge in [-0.05, 0) is 30.4 Å². The first-order valence-electron chi connectivity index (χ1n) is 6.20. The van der Waals surface area contributed by atoms with E-state index in [4.69, 9.17) is 0 Å². The van der Waals surface area contributed by atoms with E-state index in [0.717, 1.165) is 29.6 Å². The molecule has 0 aliphatic heterocycles. The fraction of sp³-hybridized carbons (Fsp3) is 0.125. The maximum Gasteiger partial charge on any atom is 0.0935 e. The molecule has 2 heteroatoms. The van der Waals surface area contributed by atoms with Gasteiger partial charge < -0.3 is 0 Å². The number of nitrogens with zero attached hydrogens (tertiary/aromatic N) is 2. The summed E-state index contributed by atoms with van der Waals surface area (Å²) in [5.41, 5.74) is 1.88. The Morgan fingerprint density at radius 2 is 1.72 bits per heavy atom. The predicted molar refractivity (Wildman–Crippen MR) is 74.9 cm³/mol. The minimum absolute atomic E-state index is 0.924. The van der Waals surface area contributed by atoms with Crippen LogP contribution in [0, 0.1) is 0 Å². The van der Waals surface area contributed by atoms with Crippen LogP contribution in [-0.2, 0) is 0 Å². The molecule has 0 N–H and O–H groups in total. The number of hydrogen-bond acceptors (Lipinski definition) is 2. The molecule has 18 heavy (non-hydrogen) atoms. The predicted octanol–water partition coefficient (Wildman–Crippen LogP) is 5.16. The van der Waals surface area contributed by atoms with Crippen LogP contribution in [0.5, 0.6) is 0 Å². The summed E-state index contributed by atoms with van der Waals surface area (Å²) in [4.78, 5) is 0. The van der Waals surface area contributed by atoms with Crippen molar-refractivity contribution in [2.75, 3.05) is 0 Å². The lowest BCUT2D eigenvalue weighted by atomic mass is 10.1. The van der Waals surface area contributed by atoms with E-state index in [0.29, 0.717) is 0 Å². The third-order valence-electron chi connectivity index (χ3n) is 3.02. The molecule has 0 atom stereocenters. The average Bonchev–Trinajstić information content (AvgIpc) is 2.46. The smallest absolute Gasteiger partial charge is 0.0935 e. The molecule has 2 aromatic carbocycles. The highest BCUT2D eigenvalue weighted by Gasteiger charge is 1.99. The van der Waals surface area contributed by atoms with E-state index in [2.05, 4.69) is 40.6 Å². The lowest BCUT2D eigenvalue weighted by Gasteiger charge is -2.02. The van der Waals surface area contributed by atoms with E-state index in [1.165, 1.54) is 5.39 Å². The van der Waals surface area contributed by atoms with Crippen molar-refractivity contribution in [3.05, 3.63) is 66.4 Å². The first-order chi connectivity index (χ1) is 8.93. The monoisotopic (exact) mass is 234 g/mol. The van der Waals surface area contributed by atoms with Crippen LogP contribution >= 0.6 is 0 Å². The Morgan fingerprint density at radius 1 is 0.833 bits per heavy atom. The van der Waals surface area contributed by atoms with Gasteiger partial charge in [-0.15, -0.1) is 5.11 Å². The SMILES string of the molecule is C1=CC(N=Nc2cccc3ccccc23)=CCC1. The zero-order chi connectivity index (χ0) is 12.2. The average molecular weight is 234 g/mol. The molecule has 1 aliphatic rings. The van der Waals surface area contributed by atoms with Crippen LogP contribution in [0.15, 0.2) is 76.6 Å². The van der Waals surface area contributed by atoms with Crippen LogP contribution in [0.1, 0.15) is 12.8 Å². The molecule has 0 spiro atoms. The third-order valence-corrected chi connectivity index (χ3v) is 3.02. The Balaban J connectivity index is 1.97. The number of azo groups is 1. The van der Waals surface area contributed by atoms with Gasteiger partial charge in [0, 0.05) is 5.39 Å². The standard InChI is InChI=1S/C16H14N2/c1-2-9-14(10-3-1)17-18-16-12-6-8-13-7-4-5-11-15(13)16/h2,4-12H,1,3H2. The van der Waals surface area contributed by atoms with Crippen LogP contribution in [0.25, 0.3) is 10.8 Å². The fourth-order valence-electron chi connectivity index (χ4n) is 2.08. The van der Waals surface area contributed by atoms with Gasteiger partial charge in [0.2, 0.25) is 0 Å². The molecule has 0 fully saturated rings. The molecule has 88 valence electrons. The first-order valence-corrected chi connectivity index (χ1v) is 6.20. The largest absolute Gasteiger partial charge is 0.151 e. The molecule has 0 heterocycles. The molecule has 0 aromatic heterocycles. The molecule has 0 unspecified atom stereocenters. The normalized spacial score (nSPS) is 15.2. The second-order valence-electron chi connectivity index (χ2n) is 4.31. The van der Waals surface area contributed by atoms with Gasteiger partial charge in [0.15, 0.2) is 0 Å². The van der Waals surface area contributed by atoms with E-state index < -0.39 is 0 Å². The lowest BCUT2D eigenvalue weighted by Crippen LogP contribution is -1.79. The van der Waals surface area contributed by atoms with Crippen molar-refractivity contribution in [1.29, 1.82) is 0 Å². The van der Waals surface area contributed by atoms with E-state index in [1.807, 2.05) is 30.3 Å². The molecule has 0 bridgehead atoms. The Kier molecular flexibility index (Phi) is 3.01. The summed E-state index contributed by atoms with van der Waals surface area (Å²) in [6.07, 6.45) is 8.44. The number of benzene rings is 2. The molecular formula is C16H14N2. The first kappa shape index (κ1) is 10.9. The zero-order valence-corrected chi connectivity index (χ0v) is 10.1. The minimum atomic E-state index is 0.924. The number of fused-ring (bicyclic) bond motifs is 1.